The van der Waals surface area contributed by atoms with Gasteiger partial charge < -0.3 is 0 Å². The second kappa shape index (κ2) is 6.74. The molecule has 0 bridgehead atoms. The van der Waals surface area contributed by atoms with E-state index in [1.54, 1.807) is 6.07 Å². The van der Waals surface area contributed by atoms with Crippen LogP contribution in [0.2, 0.25) is 0 Å². The minimum Gasteiger partial charge on any atom is -0.276 e. The quantitative estimate of drug-likeness (QED) is 0.538. The number of hydrogen-bond donors (Lipinski definition) is 0. The molecule has 3 rings (SSSR count). The van der Waals surface area contributed by atoms with Gasteiger partial charge in [-0.05, 0) is 54.6 Å². The van der Waals surface area contributed by atoms with E-state index in [0.717, 1.165) is 34.1 Å². The van der Waals surface area contributed by atoms with Gasteiger partial charge in [0.2, 0.25) is 0 Å². The highest BCUT2D eigenvalue weighted by molar-refractivity contribution is 6.68. The third-order valence-corrected chi connectivity index (χ3v) is 4.77. The molecule has 0 aliphatic heterocycles. The molecule has 0 radical (unpaired) electrons. The maximum atomic E-state index is 11.9. The van der Waals surface area contributed by atoms with E-state index < -0.39 is 5.24 Å². The molecule has 0 saturated carbocycles. The van der Waals surface area contributed by atoms with Crippen LogP contribution in [0.1, 0.15) is 47.7 Å². The lowest BCUT2D eigenvalue weighted by Crippen LogP contribution is -1.97. The van der Waals surface area contributed by atoms with Crippen LogP contribution in [0.3, 0.4) is 0 Å². The van der Waals surface area contributed by atoms with E-state index in [9.17, 15) is 4.79 Å². The fourth-order valence-electron chi connectivity index (χ4n) is 2.87. The molecular formula is C21H20ClNO. The molecule has 0 spiro atoms. The smallest absolute Gasteiger partial charge is 0.253 e. The van der Waals surface area contributed by atoms with Crippen LogP contribution in [0.5, 0.6) is 0 Å². The molecule has 122 valence electrons. The number of aryl methyl sites for hydroxylation is 1. The normalized spacial score (nSPS) is 12.3. The summed E-state index contributed by atoms with van der Waals surface area (Å²) in [5, 5.41) is 0.348. The molecular weight excluding hydrogens is 318 g/mol. The van der Waals surface area contributed by atoms with Crippen LogP contribution >= 0.6 is 11.6 Å². The molecule has 2 aromatic carbocycles. The zero-order chi connectivity index (χ0) is 17.3. The summed E-state index contributed by atoms with van der Waals surface area (Å²) in [6, 6.07) is 16.1. The van der Waals surface area contributed by atoms with E-state index in [0.29, 0.717) is 11.5 Å². The average Bonchev–Trinajstić information content (AvgIpc) is 2.60. The molecule has 3 heteroatoms. The molecule has 24 heavy (non-hydrogen) atoms. The standard InChI is InChI=1S/C21H20ClNO/c1-4-14(3)15-6-8-16(9-7-15)20-12-18(21(22)24)17-11-13(2)5-10-19(17)23-20/h5-12,14H,4H2,1-3H3/t14-/m1/s1. The van der Waals surface area contributed by atoms with Crippen molar-refractivity contribution in [1.82, 2.24) is 4.98 Å². The highest BCUT2D eigenvalue weighted by atomic mass is 35.5. The Bertz CT molecular complexity index is 900. The van der Waals surface area contributed by atoms with Gasteiger partial charge in [-0.3, -0.25) is 4.79 Å². The van der Waals surface area contributed by atoms with Crippen molar-refractivity contribution in [3.05, 3.63) is 65.2 Å². The summed E-state index contributed by atoms with van der Waals surface area (Å²) in [4.78, 5) is 16.6. The number of aromatic nitrogens is 1. The van der Waals surface area contributed by atoms with Gasteiger partial charge in [-0.25, -0.2) is 4.98 Å². The van der Waals surface area contributed by atoms with E-state index in [-0.39, 0.29) is 0 Å². The maximum absolute atomic E-state index is 11.9. The second-order valence-electron chi connectivity index (χ2n) is 6.28. The van der Waals surface area contributed by atoms with Gasteiger partial charge >= 0.3 is 0 Å². The van der Waals surface area contributed by atoms with E-state index >= 15 is 0 Å². The number of pyridine rings is 1. The lowest BCUT2D eigenvalue weighted by Gasteiger charge is -2.11. The third kappa shape index (κ3) is 3.20. The molecule has 1 heterocycles. The van der Waals surface area contributed by atoms with E-state index in [1.807, 2.05) is 25.1 Å². The number of hydrogen-bond acceptors (Lipinski definition) is 2. The number of carbonyl (C=O) groups is 1. The zero-order valence-corrected chi connectivity index (χ0v) is 14.9. The van der Waals surface area contributed by atoms with Crippen molar-refractivity contribution in [2.45, 2.75) is 33.1 Å². The second-order valence-corrected chi connectivity index (χ2v) is 6.62. The highest BCUT2D eigenvalue weighted by Gasteiger charge is 2.13. The first-order valence-electron chi connectivity index (χ1n) is 8.21. The first kappa shape index (κ1) is 16.7. The van der Waals surface area contributed by atoms with Gasteiger partial charge in [-0.15, -0.1) is 0 Å². The minimum atomic E-state index is -0.453. The largest absolute Gasteiger partial charge is 0.276 e. The van der Waals surface area contributed by atoms with E-state index in [4.69, 9.17) is 16.6 Å². The van der Waals surface area contributed by atoms with Crippen molar-refractivity contribution in [2.24, 2.45) is 0 Å². The van der Waals surface area contributed by atoms with E-state index in [2.05, 4.69) is 38.1 Å². The molecule has 1 atom stereocenters. The Morgan fingerprint density at radius 3 is 2.46 bits per heavy atom. The minimum absolute atomic E-state index is 0.453. The summed E-state index contributed by atoms with van der Waals surface area (Å²) in [6.07, 6.45) is 1.11. The van der Waals surface area contributed by atoms with Crippen LogP contribution < -0.4 is 0 Å². The molecule has 0 fully saturated rings. The summed E-state index contributed by atoms with van der Waals surface area (Å²) in [5.41, 5.74) is 5.44. The summed E-state index contributed by atoms with van der Waals surface area (Å²) in [6.45, 7) is 6.39. The molecule has 0 aliphatic rings. The molecule has 0 saturated heterocycles. The Labute approximate surface area is 147 Å². The van der Waals surface area contributed by atoms with E-state index in [1.165, 1.54) is 5.56 Å². The Morgan fingerprint density at radius 1 is 1.12 bits per heavy atom. The monoisotopic (exact) mass is 337 g/mol. The van der Waals surface area contributed by atoms with Crippen LogP contribution in [0.25, 0.3) is 22.2 Å². The van der Waals surface area contributed by atoms with Crippen molar-refractivity contribution in [3.63, 3.8) is 0 Å². The van der Waals surface area contributed by atoms with Crippen LogP contribution in [0.15, 0.2) is 48.5 Å². The maximum Gasteiger partial charge on any atom is 0.253 e. The Kier molecular flexibility index (Phi) is 4.68. The summed E-state index contributed by atoms with van der Waals surface area (Å²) < 4.78 is 0. The van der Waals surface area contributed by atoms with Crippen LogP contribution in [-0.4, -0.2) is 10.2 Å². The first-order chi connectivity index (χ1) is 11.5. The molecule has 1 aromatic heterocycles. The van der Waals surface area contributed by atoms with Crippen LogP contribution in [0.4, 0.5) is 0 Å². The number of benzene rings is 2. The van der Waals surface area contributed by atoms with Gasteiger partial charge in [0.05, 0.1) is 11.2 Å². The predicted molar refractivity (Wildman–Crippen MR) is 101 cm³/mol. The fourth-order valence-corrected chi connectivity index (χ4v) is 3.02. The number of fused-ring (bicyclic) bond motifs is 1. The summed E-state index contributed by atoms with van der Waals surface area (Å²) in [7, 11) is 0. The number of halogens is 1. The van der Waals surface area contributed by atoms with Crippen molar-refractivity contribution in [1.29, 1.82) is 0 Å². The Morgan fingerprint density at radius 2 is 1.83 bits per heavy atom. The highest BCUT2D eigenvalue weighted by Crippen LogP contribution is 2.28. The molecule has 0 aliphatic carbocycles. The van der Waals surface area contributed by atoms with Crippen molar-refractivity contribution in [3.8, 4) is 11.3 Å². The topological polar surface area (TPSA) is 30.0 Å². The third-order valence-electron chi connectivity index (χ3n) is 4.56. The van der Waals surface area contributed by atoms with Gasteiger partial charge in [0.15, 0.2) is 0 Å². The number of carbonyl (C=O) groups excluding carboxylic acids is 1. The number of nitrogens with zero attached hydrogens (tertiary/aromatic N) is 1. The molecule has 0 N–H and O–H groups in total. The predicted octanol–water partition coefficient (Wildman–Crippen LogP) is 6.10. The molecule has 3 aromatic rings. The average molecular weight is 338 g/mol. The Balaban J connectivity index is 2.13. The van der Waals surface area contributed by atoms with Gasteiger partial charge in [-0.2, -0.15) is 0 Å². The van der Waals surface area contributed by atoms with Gasteiger partial charge in [0.1, 0.15) is 0 Å². The zero-order valence-electron chi connectivity index (χ0n) is 14.1. The fraction of sp³-hybridized carbons (Fsp3) is 0.238. The molecule has 2 nitrogen and oxygen atoms in total. The van der Waals surface area contributed by atoms with Gasteiger partial charge in [0, 0.05) is 16.5 Å². The SMILES string of the molecule is CC[C@@H](C)c1ccc(-c2cc(C(=O)Cl)c3cc(C)ccc3n2)cc1. The lowest BCUT2D eigenvalue weighted by atomic mass is 9.96. The number of rotatable bonds is 4. The van der Waals surface area contributed by atoms with Crippen LogP contribution in [-0.2, 0) is 0 Å². The van der Waals surface area contributed by atoms with Crippen molar-refractivity contribution in [2.75, 3.05) is 0 Å². The Hall–Kier alpha value is -2.19. The van der Waals surface area contributed by atoms with Gasteiger partial charge in [-0.1, -0.05) is 49.7 Å². The van der Waals surface area contributed by atoms with Crippen LogP contribution in [0, 0.1) is 6.92 Å². The molecule has 0 unspecified atom stereocenters. The summed E-state index contributed by atoms with van der Waals surface area (Å²) in [5.74, 6) is 0.534. The molecule has 0 amide bonds. The van der Waals surface area contributed by atoms with Gasteiger partial charge in [0.25, 0.3) is 5.24 Å². The van der Waals surface area contributed by atoms with Crippen molar-refractivity contribution >= 4 is 27.7 Å². The first-order valence-corrected chi connectivity index (χ1v) is 8.59. The van der Waals surface area contributed by atoms with Crippen molar-refractivity contribution < 1.29 is 4.79 Å². The lowest BCUT2D eigenvalue weighted by molar-refractivity contribution is 0.108. The summed E-state index contributed by atoms with van der Waals surface area (Å²) >= 11 is 5.81.